The molecule has 0 aliphatic heterocycles. The number of nitrogens with zero attached hydrogens (tertiary/aromatic N) is 4. The van der Waals surface area contributed by atoms with Gasteiger partial charge < -0.3 is 0 Å². The molecule has 0 aromatic carbocycles. The Balaban J connectivity index is 1.73. The molecule has 2 aromatic rings. The van der Waals surface area contributed by atoms with Crippen LogP contribution in [0.15, 0.2) is 12.2 Å². The molecule has 0 spiro atoms. The minimum atomic E-state index is 0.589. The van der Waals surface area contributed by atoms with Crippen molar-refractivity contribution in [3.8, 4) is 11.5 Å². The van der Waals surface area contributed by atoms with E-state index < -0.39 is 0 Å². The predicted octanol–water partition coefficient (Wildman–Crippen LogP) is 1.05. The Labute approximate surface area is 97.5 Å². The van der Waals surface area contributed by atoms with Gasteiger partial charge in [-0.05, 0) is 30.4 Å². The molecule has 2 N–H and O–H groups in total. The van der Waals surface area contributed by atoms with Crippen LogP contribution in [-0.4, -0.2) is 30.8 Å². The molecule has 2 aliphatic rings. The first-order chi connectivity index (χ1) is 8.40. The third kappa shape index (κ3) is 1.09. The maximum absolute atomic E-state index is 4.32. The standard InChI is InChI=1S/C11H12N6/c1-2-3-5-6-4-7-9(8(5)6)12-13-10(7)11-14-16-17-15-11/h2-3,5-6,8H,4H2,1H3,(H,12,13)(H,14,15,16,17)/b3-2+/t5-,6-,8+/m1/s1. The summed E-state index contributed by atoms with van der Waals surface area (Å²) in [5, 5.41) is 21.5. The number of H-pyrrole nitrogens is 2. The van der Waals surface area contributed by atoms with Gasteiger partial charge in [0.15, 0.2) is 0 Å². The van der Waals surface area contributed by atoms with Crippen LogP contribution >= 0.6 is 0 Å². The van der Waals surface area contributed by atoms with E-state index in [4.69, 9.17) is 0 Å². The summed E-state index contributed by atoms with van der Waals surface area (Å²) in [5.74, 6) is 2.67. The number of fused-ring (bicyclic) bond motifs is 3. The summed E-state index contributed by atoms with van der Waals surface area (Å²) in [4.78, 5) is 0. The number of allylic oxidation sites excluding steroid dienone is 2. The lowest BCUT2D eigenvalue weighted by molar-refractivity contribution is 0.797. The first-order valence-electron chi connectivity index (χ1n) is 5.84. The van der Waals surface area contributed by atoms with Crippen LogP contribution in [0.4, 0.5) is 0 Å². The lowest BCUT2D eigenvalue weighted by Gasteiger charge is -1.98. The van der Waals surface area contributed by atoms with E-state index in [1.807, 2.05) is 0 Å². The van der Waals surface area contributed by atoms with Gasteiger partial charge in [0, 0.05) is 17.2 Å². The lowest BCUT2D eigenvalue weighted by Crippen LogP contribution is -1.92. The van der Waals surface area contributed by atoms with Crippen LogP contribution in [0.25, 0.3) is 11.5 Å². The fourth-order valence-electron chi connectivity index (χ4n) is 3.10. The number of aromatic amines is 2. The monoisotopic (exact) mass is 228 g/mol. The molecule has 2 aliphatic carbocycles. The first kappa shape index (κ1) is 9.09. The van der Waals surface area contributed by atoms with Crippen LogP contribution in [-0.2, 0) is 6.42 Å². The molecule has 86 valence electrons. The van der Waals surface area contributed by atoms with E-state index in [2.05, 4.69) is 49.9 Å². The Bertz CT molecular complexity index is 581. The van der Waals surface area contributed by atoms with Crippen LogP contribution in [0.2, 0.25) is 0 Å². The third-order valence-corrected chi connectivity index (χ3v) is 3.87. The molecule has 17 heavy (non-hydrogen) atoms. The smallest absolute Gasteiger partial charge is 0.225 e. The Morgan fingerprint density at radius 1 is 1.35 bits per heavy atom. The van der Waals surface area contributed by atoms with Gasteiger partial charge in [-0.15, -0.1) is 10.2 Å². The highest BCUT2D eigenvalue weighted by Crippen LogP contribution is 2.62. The summed E-state index contributed by atoms with van der Waals surface area (Å²) in [6.07, 6.45) is 5.52. The summed E-state index contributed by atoms with van der Waals surface area (Å²) in [7, 11) is 0. The summed E-state index contributed by atoms with van der Waals surface area (Å²) >= 11 is 0. The van der Waals surface area contributed by atoms with Crippen LogP contribution in [0.5, 0.6) is 0 Å². The molecule has 4 rings (SSSR count). The van der Waals surface area contributed by atoms with Crippen molar-refractivity contribution in [2.24, 2.45) is 11.8 Å². The highest BCUT2D eigenvalue weighted by molar-refractivity contribution is 5.60. The van der Waals surface area contributed by atoms with Gasteiger partial charge in [0.2, 0.25) is 5.82 Å². The Morgan fingerprint density at radius 2 is 2.29 bits per heavy atom. The number of hydrogen-bond donors (Lipinski definition) is 2. The highest BCUT2D eigenvalue weighted by atomic mass is 15.5. The van der Waals surface area contributed by atoms with Gasteiger partial charge in [0.1, 0.15) is 5.69 Å². The van der Waals surface area contributed by atoms with E-state index in [0.29, 0.717) is 17.7 Å². The van der Waals surface area contributed by atoms with E-state index in [9.17, 15) is 0 Å². The van der Waals surface area contributed by atoms with Crippen molar-refractivity contribution >= 4 is 0 Å². The zero-order valence-electron chi connectivity index (χ0n) is 9.38. The van der Waals surface area contributed by atoms with Crippen molar-refractivity contribution in [2.75, 3.05) is 0 Å². The lowest BCUT2D eigenvalue weighted by atomic mass is 10.1. The minimum absolute atomic E-state index is 0.589. The van der Waals surface area contributed by atoms with Gasteiger partial charge in [-0.3, -0.25) is 5.10 Å². The maximum atomic E-state index is 4.32. The fourth-order valence-corrected chi connectivity index (χ4v) is 3.10. The molecule has 0 amide bonds. The minimum Gasteiger partial charge on any atom is -0.281 e. The fraction of sp³-hybridized carbons (Fsp3) is 0.455. The first-order valence-corrected chi connectivity index (χ1v) is 5.84. The molecule has 3 atom stereocenters. The van der Waals surface area contributed by atoms with Gasteiger partial charge >= 0.3 is 0 Å². The van der Waals surface area contributed by atoms with Crippen molar-refractivity contribution in [1.29, 1.82) is 0 Å². The van der Waals surface area contributed by atoms with Gasteiger partial charge in [-0.1, -0.05) is 12.2 Å². The molecular formula is C11H12N6. The molecule has 0 saturated heterocycles. The van der Waals surface area contributed by atoms with E-state index in [1.54, 1.807) is 0 Å². The molecule has 0 radical (unpaired) electrons. The predicted molar refractivity (Wildman–Crippen MR) is 60.0 cm³/mol. The van der Waals surface area contributed by atoms with Gasteiger partial charge in [0.05, 0.1) is 0 Å². The van der Waals surface area contributed by atoms with Crippen molar-refractivity contribution in [2.45, 2.75) is 19.3 Å². The highest BCUT2D eigenvalue weighted by Gasteiger charge is 2.56. The second kappa shape index (κ2) is 3.03. The topological polar surface area (TPSA) is 83.1 Å². The Morgan fingerprint density at radius 3 is 3.06 bits per heavy atom. The second-order valence-electron chi connectivity index (χ2n) is 4.70. The molecule has 2 aromatic heterocycles. The molecule has 6 heteroatoms. The van der Waals surface area contributed by atoms with Gasteiger partial charge in [-0.2, -0.15) is 10.3 Å². The molecule has 2 heterocycles. The average Bonchev–Trinajstić information content (AvgIpc) is 2.82. The number of rotatable bonds is 2. The SMILES string of the molecule is C/C=C/[C@@H]1[C@H]2Cc3c(-c4nn[nH]n4)n[nH]c3[C@@H]12. The molecule has 0 unspecified atom stereocenters. The van der Waals surface area contributed by atoms with Gasteiger partial charge in [-0.25, -0.2) is 0 Å². The number of tetrazole rings is 1. The average molecular weight is 228 g/mol. The van der Waals surface area contributed by atoms with E-state index in [0.717, 1.165) is 18.0 Å². The van der Waals surface area contributed by atoms with E-state index in [1.165, 1.54) is 11.3 Å². The number of nitrogens with one attached hydrogen (secondary N) is 2. The number of aromatic nitrogens is 6. The van der Waals surface area contributed by atoms with Crippen LogP contribution in [0.1, 0.15) is 24.1 Å². The van der Waals surface area contributed by atoms with Crippen LogP contribution in [0, 0.1) is 11.8 Å². The molecule has 1 saturated carbocycles. The Hall–Kier alpha value is -1.98. The molecule has 6 nitrogen and oxygen atoms in total. The quantitative estimate of drug-likeness (QED) is 0.752. The summed E-state index contributed by atoms with van der Waals surface area (Å²) in [6, 6.07) is 0. The zero-order chi connectivity index (χ0) is 11.4. The molecule has 1 fully saturated rings. The summed E-state index contributed by atoms with van der Waals surface area (Å²) in [6.45, 7) is 2.08. The van der Waals surface area contributed by atoms with E-state index in [-0.39, 0.29) is 0 Å². The Kier molecular flexibility index (Phi) is 1.62. The molecule has 0 bridgehead atoms. The van der Waals surface area contributed by atoms with E-state index >= 15 is 0 Å². The van der Waals surface area contributed by atoms with Crippen molar-refractivity contribution in [3.63, 3.8) is 0 Å². The van der Waals surface area contributed by atoms with Crippen LogP contribution < -0.4 is 0 Å². The third-order valence-electron chi connectivity index (χ3n) is 3.87. The van der Waals surface area contributed by atoms with Crippen molar-refractivity contribution in [3.05, 3.63) is 23.4 Å². The zero-order valence-corrected chi connectivity index (χ0v) is 9.38. The summed E-state index contributed by atoms with van der Waals surface area (Å²) in [5.41, 5.74) is 3.42. The van der Waals surface area contributed by atoms with Crippen LogP contribution in [0.3, 0.4) is 0 Å². The van der Waals surface area contributed by atoms with Gasteiger partial charge in [0.25, 0.3) is 0 Å². The molecular weight excluding hydrogens is 216 g/mol. The number of hydrogen-bond acceptors (Lipinski definition) is 4. The second-order valence-corrected chi connectivity index (χ2v) is 4.70. The summed E-state index contributed by atoms with van der Waals surface area (Å²) < 4.78 is 0. The maximum Gasteiger partial charge on any atom is 0.225 e. The normalized spacial score (nSPS) is 29.6. The largest absolute Gasteiger partial charge is 0.281 e. The van der Waals surface area contributed by atoms with Crippen molar-refractivity contribution < 1.29 is 0 Å². The van der Waals surface area contributed by atoms with Crippen molar-refractivity contribution in [1.82, 2.24) is 30.8 Å².